The molecule has 6 nitrogen and oxygen atoms in total. The van der Waals surface area contributed by atoms with Crippen molar-refractivity contribution in [3.63, 3.8) is 0 Å². The van der Waals surface area contributed by atoms with E-state index < -0.39 is 10.0 Å². The van der Waals surface area contributed by atoms with E-state index in [9.17, 15) is 13.2 Å². The normalized spacial score (nSPS) is 27.8. The van der Waals surface area contributed by atoms with Crippen molar-refractivity contribution in [2.75, 3.05) is 33.2 Å². The minimum atomic E-state index is -3.53. The van der Waals surface area contributed by atoms with Crippen LogP contribution in [0.2, 0.25) is 4.34 Å². The lowest BCUT2D eigenvalue weighted by Gasteiger charge is -2.48. The van der Waals surface area contributed by atoms with Crippen LogP contribution in [0.15, 0.2) is 16.3 Å². The van der Waals surface area contributed by atoms with Gasteiger partial charge in [-0.2, -0.15) is 4.31 Å². The van der Waals surface area contributed by atoms with Crippen LogP contribution in [0.1, 0.15) is 19.3 Å². The molecule has 2 fully saturated rings. The summed E-state index contributed by atoms with van der Waals surface area (Å²) in [5.41, 5.74) is -0.286. The predicted octanol–water partition coefficient (Wildman–Crippen LogP) is 1.38. The maximum Gasteiger partial charge on any atom is 0.252 e. The molecule has 1 unspecified atom stereocenters. The second kappa shape index (κ2) is 6.33. The van der Waals surface area contributed by atoms with Gasteiger partial charge in [0.05, 0.1) is 4.34 Å². The van der Waals surface area contributed by atoms with Gasteiger partial charge in [0.25, 0.3) is 10.0 Å². The summed E-state index contributed by atoms with van der Waals surface area (Å²) in [7, 11) is -1.51. The molecule has 0 saturated carbocycles. The molecule has 3 rings (SSSR count). The smallest absolute Gasteiger partial charge is 0.252 e. The van der Waals surface area contributed by atoms with E-state index in [0.29, 0.717) is 43.4 Å². The molecule has 2 aliphatic rings. The quantitative estimate of drug-likeness (QED) is 0.845. The summed E-state index contributed by atoms with van der Waals surface area (Å²) in [6.45, 7) is 2.11. The highest BCUT2D eigenvalue weighted by Gasteiger charge is 2.44. The molecule has 128 valence electrons. The molecule has 9 heteroatoms. The molecule has 0 aliphatic carbocycles. The molecular weight excluding hydrogens is 358 g/mol. The fourth-order valence-corrected chi connectivity index (χ4v) is 6.48. The molecule has 1 atom stereocenters. The Bertz CT molecular complexity index is 706. The Kier molecular flexibility index (Phi) is 4.72. The minimum Gasteiger partial charge on any atom is -0.356 e. The van der Waals surface area contributed by atoms with E-state index in [-0.39, 0.29) is 15.7 Å². The van der Waals surface area contributed by atoms with E-state index in [1.165, 1.54) is 0 Å². The molecule has 1 spiro atoms. The Balaban J connectivity index is 1.86. The van der Waals surface area contributed by atoms with E-state index in [0.717, 1.165) is 17.8 Å². The molecule has 23 heavy (non-hydrogen) atoms. The maximum absolute atomic E-state index is 12.9. The van der Waals surface area contributed by atoms with Gasteiger partial charge in [-0.1, -0.05) is 11.6 Å². The molecule has 2 aliphatic heterocycles. The number of nitrogens with one attached hydrogen (secondary N) is 1. The molecular formula is C14H20ClN3O3S2. The Morgan fingerprint density at radius 3 is 2.78 bits per heavy atom. The number of piperazine rings is 1. The van der Waals surface area contributed by atoms with E-state index in [1.54, 1.807) is 16.4 Å². The molecule has 1 aromatic heterocycles. The monoisotopic (exact) mass is 377 g/mol. The van der Waals surface area contributed by atoms with Crippen LogP contribution < -0.4 is 5.32 Å². The number of thiophene rings is 1. The van der Waals surface area contributed by atoms with Crippen LogP contribution in [0, 0.1) is 0 Å². The SMILES string of the molecule is CN1CCN(S(=O)(=O)c2ccc(Cl)s2)CC12CCNC(=O)CC2. The van der Waals surface area contributed by atoms with E-state index >= 15 is 0 Å². The third-order valence-electron chi connectivity index (χ3n) is 4.84. The first-order chi connectivity index (χ1) is 10.8. The average Bonchev–Trinajstić information content (AvgIpc) is 2.86. The summed E-state index contributed by atoms with van der Waals surface area (Å²) in [5, 5.41) is 2.88. The highest BCUT2D eigenvalue weighted by Crippen LogP contribution is 2.34. The molecule has 0 aromatic carbocycles. The average molecular weight is 378 g/mol. The van der Waals surface area contributed by atoms with Gasteiger partial charge >= 0.3 is 0 Å². The summed E-state index contributed by atoms with van der Waals surface area (Å²) < 4.78 is 28.0. The maximum atomic E-state index is 12.9. The minimum absolute atomic E-state index is 0.0419. The van der Waals surface area contributed by atoms with Gasteiger partial charge in [-0.3, -0.25) is 9.69 Å². The van der Waals surface area contributed by atoms with Crippen LogP contribution in [0.25, 0.3) is 0 Å². The van der Waals surface area contributed by atoms with Crippen molar-refractivity contribution in [1.82, 2.24) is 14.5 Å². The number of sulfonamides is 1. The Hall–Kier alpha value is -0.670. The summed E-state index contributed by atoms with van der Waals surface area (Å²) >= 11 is 6.97. The third-order valence-corrected chi connectivity index (χ3v) is 8.38. The Labute approximate surface area is 145 Å². The van der Waals surface area contributed by atoms with Gasteiger partial charge in [-0.15, -0.1) is 11.3 Å². The Morgan fingerprint density at radius 2 is 2.09 bits per heavy atom. The van der Waals surface area contributed by atoms with Crippen molar-refractivity contribution in [1.29, 1.82) is 0 Å². The van der Waals surface area contributed by atoms with Crippen molar-refractivity contribution in [3.8, 4) is 0 Å². The molecule has 1 aromatic rings. The number of rotatable bonds is 2. The van der Waals surface area contributed by atoms with Crippen LogP contribution >= 0.6 is 22.9 Å². The van der Waals surface area contributed by atoms with Crippen LogP contribution in [0.5, 0.6) is 0 Å². The second-order valence-electron chi connectivity index (χ2n) is 6.14. The number of carbonyl (C=O) groups excluding carboxylic acids is 1. The van der Waals surface area contributed by atoms with Crippen LogP contribution in [-0.2, 0) is 14.8 Å². The van der Waals surface area contributed by atoms with E-state index in [2.05, 4.69) is 10.2 Å². The lowest BCUT2D eigenvalue weighted by Crippen LogP contribution is -2.62. The first kappa shape index (κ1) is 17.2. The standard InChI is InChI=1S/C14H20ClN3O3S2/c1-17-8-9-18(23(20,21)13-3-2-11(15)22-13)10-14(17)5-4-12(19)16-7-6-14/h2-3H,4-10H2,1H3,(H,16,19). The molecule has 2 saturated heterocycles. The number of carbonyl (C=O) groups is 1. The molecule has 0 bridgehead atoms. The lowest BCUT2D eigenvalue weighted by molar-refractivity contribution is -0.121. The van der Waals surface area contributed by atoms with Gasteiger partial charge in [0, 0.05) is 38.1 Å². The van der Waals surface area contributed by atoms with Crippen molar-refractivity contribution >= 4 is 38.9 Å². The van der Waals surface area contributed by atoms with Gasteiger partial charge in [-0.25, -0.2) is 8.42 Å². The van der Waals surface area contributed by atoms with E-state index in [1.807, 2.05) is 7.05 Å². The van der Waals surface area contributed by atoms with Gasteiger partial charge in [0.2, 0.25) is 5.91 Å². The van der Waals surface area contributed by atoms with Gasteiger partial charge in [-0.05, 0) is 32.0 Å². The molecule has 0 radical (unpaired) electrons. The summed E-state index contributed by atoms with van der Waals surface area (Å²) in [5.74, 6) is 0.0419. The van der Waals surface area contributed by atoms with Crippen LogP contribution in [-0.4, -0.2) is 62.3 Å². The number of amides is 1. The van der Waals surface area contributed by atoms with Crippen LogP contribution in [0.3, 0.4) is 0 Å². The highest BCUT2D eigenvalue weighted by atomic mass is 35.5. The number of nitrogens with zero attached hydrogens (tertiary/aromatic N) is 2. The predicted molar refractivity (Wildman–Crippen MR) is 90.3 cm³/mol. The first-order valence-electron chi connectivity index (χ1n) is 7.57. The topological polar surface area (TPSA) is 69.7 Å². The Morgan fingerprint density at radius 1 is 1.30 bits per heavy atom. The second-order valence-corrected chi connectivity index (χ2v) is 10.0. The van der Waals surface area contributed by atoms with E-state index in [4.69, 9.17) is 11.6 Å². The number of hydrogen-bond donors (Lipinski definition) is 1. The zero-order chi connectivity index (χ0) is 16.7. The highest BCUT2D eigenvalue weighted by molar-refractivity contribution is 7.91. The number of hydrogen-bond acceptors (Lipinski definition) is 5. The molecule has 1 N–H and O–H groups in total. The fraction of sp³-hybridized carbons (Fsp3) is 0.643. The van der Waals surface area contributed by atoms with Gasteiger partial charge < -0.3 is 5.32 Å². The van der Waals surface area contributed by atoms with Crippen molar-refractivity contribution in [2.45, 2.75) is 29.0 Å². The third kappa shape index (κ3) is 3.28. The zero-order valence-electron chi connectivity index (χ0n) is 12.9. The summed E-state index contributed by atoms with van der Waals surface area (Å²) in [4.78, 5) is 13.9. The van der Waals surface area contributed by atoms with Crippen molar-refractivity contribution in [2.24, 2.45) is 0 Å². The lowest BCUT2D eigenvalue weighted by atomic mass is 9.87. The fourth-order valence-electron chi connectivity index (χ4n) is 3.33. The van der Waals surface area contributed by atoms with Crippen molar-refractivity contribution in [3.05, 3.63) is 16.5 Å². The van der Waals surface area contributed by atoms with Gasteiger partial charge in [0.1, 0.15) is 4.21 Å². The molecule has 1 amide bonds. The van der Waals surface area contributed by atoms with Crippen molar-refractivity contribution < 1.29 is 13.2 Å². The number of likely N-dealkylation sites (N-methyl/N-ethyl adjacent to an activating group) is 1. The van der Waals surface area contributed by atoms with Gasteiger partial charge in [0.15, 0.2) is 0 Å². The summed E-state index contributed by atoms with van der Waals surface area (Å²) in [6.07, 6.45) is 1.86. The first-order valence-corrected chi connectivity index (χ1v) is 10.2. The summed E-state index contributed by atoms with van der Waals surface area (Å²) in [6, 6.07) is 3.17. The zero-order valence-corrected chi connectivity index (χ0v) is 15.3. The number of halogens is 1. The largest absolute Gasteiger partial charge is 0.356 e. The molecule has 3 heterocycles. The van der Waals surface area contributed by atoms with Crippen LogP contribution in [0.4, 0.5) is 0 Å².